The number of pyridine rings is 1. The van der Waals surface area contributed by atoms with Gasteiger partial charge in [-0.1, -0.05) is 6.07 Å². The van der Waals surface area contributed by atoms with Gasteiger partial charge in [0.15, 0.2) is 0 Å². The molecule has 1 aromatic heterocycles. The zero-order valence-corrected chi connectivity index (χ0v) is 14.0. The van der Waals surface area contributed by atoms with Gasteiger partial charge in [0.1, 0.15) is 5.82 Å². The predicted molar refractivity (Wildman–Crippen MR) is 87.6 cm³/mol. The third-order valence-electron chi connectivity index (χ3n) is 5.26. The smallest absolute Gasteiger partial charge is 0.217 e. The summed E-state index contributed by atoms with van der Waals surface area (Å²) in [5, 5.41) is 3.21. The molecule has 6 nitrogen and oxygen atoms in total. The Balaban J connectivity index is 1.31. The SMILES string of the molecule is O=S(=O)(C1CC1)N1CC2(C1)OCCC2CCNc1ccccn1. The molecule has 0 aromatic carbocycles. The lowest BCUT2D eigenvalue weighted by Gasteiger charge is -2.49. The van der Waals surface area contributed by atoms with E-state index in [1.54, 1.807) is 10.5 Å². The molecule has 1 aliphatic carbocycles. The monoisotopic (exact) mass is 337 g/mol. The number of anilines is 1. The molecule has 1 spiro atoms. The molecule has 0 radical (unpaired) electrons. The zero-order valence-electron chi connectivity index (χ0n) is 13.1. The summed E-state index contributed by atoms with van der Waals surface area (Å²) in [6.07, 6.45) is 5.42. The summed E-state index contributed by atoms with van der Waals surface area (Å²) in [4.78, 5) is 4.25. The van der Waals surface area contributed by atoms with Crippen molar-refractivity contribution < 1.29 is 13.2 Å². The van der Waals surface area contributed by atoms with E-state index < -0.39 is 10.0 Å². The molecule has 3 aliphatic rings. The molecule has 3 heterocycles. The van der Waals surface area contributed by atoms with Crippen LogP contribution in [0.25, 0.3) is 0 Å². The number of hydrogen-bond donors (Lipinski definition) is 1. The number of nitrogens with one attached hydrogen (secondary N) is 1. The molecule has 1 atom stereocenters. The summed E-state index contributed by atoms with van der Waals surface area (Å²) in [5.74, 6) is 1.30. The van der Waals surface area contributed by atoms with Gasteiger partial charge in [0, 0.05) is 32.4 Å². The Morgan fingerprint density at radius 3 is 2.83 bits per heavy atom. The van der Waals surface area contributed by atoms with Gasteiger partial charge in [0.05, 0.1) is 10.9 Å². The highest BCUT2D eigenvalue weighted by Gasteiger charge is 2.57. The van der Waals surface area contributed by atoms with Crippen LogP contribution in [0, 0.1) is 5.92 Å². The van der Waals surface area contributed by atoms with E-state index in [9.17, 15) is 8.42 Å². The number of rotatable bonds is 6. The van der Waals surface area contributed by atoms with Crippen molar-refractivity contribution in [2.24, 2.45) is 5.92 Å². The van der Waals surface area contributed by atoms with Crippen molar-refractivity contribution in [3.8, 4) is 0 Å². The van der Waals surface area contributed by atoms with Crippen LogP contribution < -0.4 is 5.32 Å². The maximum atomic E-state index is 12.3. The van der Waals surface area contributed by atoms with Gasteiger partial charge in [0.2, 0.25) is 10.0 Å². The zero-order chi connectivity index (χ0) is 15.9. The summed E-state index contributed by atoms with van der Waals surface area (Å²) in [5.41, 5.74) is -0.242. The van der Waals surface area contributed by atoms with Gasteiger partial charge in [-0.2, -0.15) is 4.31 Å². The predicted octanol–water partition coefficient (Wildman–Crippen LogP) is 1.47. The highest BCUT2D eigenvalue weighted by molar-refractivity contribution is 7.90. The topological polar surface area (TPSA) is 71.5 Å². The second kappa shape index (κ2) is 5.72. The van der Waals surface area contributed by atoms with Crippen LogP contribution in [0.5, 0.6) is 0 Å². The molecule has 3 fully saturated rings. The van der Waals surface area contributed by atoms with Gasteiger partial charge in [-0.3, -0.25) is 0 Å². The highest BCUT2D eigenvalue weighted by atomic mass is 32.2. The third-order valence-corrected chi connectivity index (χ3v) is 7.55. The first kappa shape index (κ1) is 15.4. The van der Waals surface area contributed by atoms with Crippen LogP contribution in [0.4, 0.5) is 5.82 Å². The molecule has 2 aliphatic heterocycles. The Kier molecular flexibility index (Phi) is 3.82. The van der Waals surface area contributed by atoms with Crippen molar-refractivity contribution in [2.75, 3.05) is 31.6 Å². The van der Waals surface area contributed by atoms with Crippen LogP contribution in [0.3, 0.4) is 0 Å². The Morgan fingerprint density at radius 1 is 1.30 bits per heavy atom. The molecule has 7 heteroatoms. The Morgan fingerprint density at radius 2 is 2.13 bits per heavy atom. The summed E-state index contributed by atoms with van der Waals surface area (Å²) in [6.45, 7) is 2.66. The number of hydrogen-bond acceptors (Lipinski definition) is 5. The summed E-state index contributed by atoms with van der Waals surface area (Å²) in [6, 6.07) is 5.81. The van der Waals surface area contributed by atoms with Gasteiger partial charge in [0.25, 0.3) is 0 Å². The first-order chi connectivity index (χ1) is 11.1. The number of aromatic nitrogens is 1. The Labute approximate surface area is 137 Å². The van der Waals surface area contributed by atoms with Gasteiger partial charge in [-0.15, -0.1) is 0 Å². The van der Waals surface area contributed by atoms with Crippen molar-refractivity contribution in [3.63, 3.8) is 0 Å². The van der Waals surface area contributed by atoms with E-state index in [0.29, 0.717) is 19.0 Å². The second-order valence-corrected chi connectivity index (χ2v) is 9.05. The normalized spacial score (nSPS) is 27.0. The van der Waals surface area contributed by atoms with Gasteiger partial charge in [-0.05, 0) is 43.7 Å². The van der Waals surface area contributed by atoms with Crippen LogP contribution in [0.2, 0.25) is 0 Å². The molecule has 1 unspecified atom stereocenters. The van der Waals surface area contributed by atoms with E-state index >= 15 is 0 Å². The minimum atomic E-state index is -3.05. The molecule has 0 bridgehead atoms. The summed E-state index contributed by atoms with van der Waals surface area (Å²) in [7, 11) is -3.05. The van der Waals surface area contributed by atoms with Crippen LogP contribution in [-0.4, -0.2) is 54.8 Å². The minimum absolute atomic E-state index is 0.120. The minimum Gasteiger partial charge on any atom is -0.372 e. The van der Waals surface area contributed by atoms with Crippen molar-refractivity contribution in [1.82, 2.24) is 9.29 Å². The molecule has 0 amide bonds. The fraction of sp³-hybridized carbons (Fsp3) is 0.688. The largest absolute Gasteiger partial charge is 0.372 e. The first-order valence-electron chi connectivity index (χ1n) is 8.38. The maximum absolute atomic E-state index is 12.3. The van der Waals surface area contributed by atoms with Gasteiger partial charge >= 0.3 is 0 Å². The fourth-order valence-electron chi connectivity index (χ4n) is 3.69. The molecule has 1 N–H and O–H groups in total. The van der Waals surface area contributed by atoms with E-state index in [2.05, 4.69) is 10.3 Å². The van der Waals surface area contributed by atoms with Gasteiger partial charge in [-0.25, -0.2) is 13.4 Å². The lowest BCUT2D eigenvalue weighted by atomic mass is 9.80. The van der Waals surface area contributed by atoms with E-state index in [1.807, 2.05) is 18.2 Å². The molecule has 126 valence electrons. The average Bonchev–Trinajstić information content (AvgIpc) is 3.28. The van der Waals surface area contributed by atoms with Crippen molar-refractivity contribution in [2.45, 2.75) is 36.5 Å². The van der Waals surface area contributed by atoms with Crippen molar-refractivity contribution in [1.29, 1.82) is 0 Å². The maximum Gasteiger partial charge on any atom is 0.217 e. The molecular weight excluding hydrogens is 314 g/mol. The molecule has 1 aromatic rings. The lowest BCUT2D eigenvalue weighted by Crippen LogP contribution is -2.66. The lowest BCUT2D eigenvalue weighted by molar-refractivity contribution is -0.102. The van der Waals surface area contributed by atoms with E-state index in [0.717, 1.165) is 44.7 Å². The summed E-state index contributed by atoms with van der Waals surface area (Å²) < 4.78 is 32.1. The average molecular weight is 337 g/mol. The Hall–Kier alpha value is -1.18. The van der Waals surface area contributed by atoms with Crippen LogP contribution in [0.15, 0.2) is 24.4 Å². The van der Waals surface area contributed by atoms with Crippen LogP contribution >= 0.6 is 0 Å². The van der Waals surface area contributed by atoms with Crippen LogP contribution in [-0.2, 0) is 14.8 Å². The highest BCUT2D eigenvalue weighted by Crippen LogP contribution is 2.45. The number of ether oxygens (including phenoxy) is 1. The molecule has 2 saturated heterocycles. The quantitative estimate of drug-likeness (QED) is 0.851. The van der Waals surface area contributed by atoms with Crippen LogP contribution in [0.1, 0.15) is 25.7 Å². The number of nitrogens with zero attached hydrogens (tertiary/aromatic N) is 2. The molecule has 1 saturated carbocycles. The van der Waals surface area contributed by atoms with E-state index in [-0.39, 0.29) is 10.9 Å². The molecule has 23 heavy (non-hydrogen) atoms. The van der Waals surface area contributed by atoms with Crippen molar-refractivity contribution in [3.05, 3.63) is 24.4 Å². The van der Waals surface area contributed by atoms with Gasteiger partial charge < -0.3 is 10.1 Å². The third kappa shape index (κ3) is 2.86. The summed E-state index contributed by atoms with van der Waals surface area (Å²) >= 11 is 0. The van der Waals surface area contributed by atoms with E-state index in [1.165, 1.54) is 0 Å². The first-order valence-corrected chi connectivity index (χ1v) is 9.88. The Bertz CT molecular complexity index is 654. The molecule has 4 rings (SSSR count). The van der Waals surface area contributed by atoms with Crippen molar-refractivity contribution >= 4 is 15.8 Å². The second-order valence-electron chi connectivity index (χ2n) is 6.84. The standard InChI is InChI=1S/C16H23N3O3S/c20-23(21,14-4-5-14)19-11-16(12-19)13(7-10-22-16)6-9-18-15-3-1-2-8-17-15/h1-3,8,13-14H,4-7,9-12H2,(H,17,18). The fourth-order valence-corrected chi connectivity index (χ4v) is 5.64. The number of sulfonamides is 1. The van der Waals surface area contributed by atoms with E-state index in [4.69, 9.17) is 4.74 Å². The molecular formula is C16H23N3O3S.